The molecule has 0 saturated carbocycles. The summed E-state index contributed by atoms with van der Waals surface area (Å²) in [6, 6.07) is 18.2. The summed E-state index contributed by atoms with van der Waals surface area (Å²) in [5, 5.41) is 17.6. The molecular weight excluding hydrogens is 505 g/mol. The SMILES string of the molecule is CCc1cccc(CNCC(O)C2Cc3cc(F)cc(c3)OCCCCN(C)Cc3cc(C)cc(c3)C(=O)N2)c1. The van der Waals surface area contributed by atoms with Crippen molar-refractivity contribution in [3.63, 3.8) is 0 Å². The summed E-state index contributed by atoms with van der Waals surface area (Å²) >= 11 is 0. The van der Waals surface area contributed by atoms with Crippen LogP contribution in [0.3, 0.4) is 0 Å². The number of aliphatic hydroxyl groups is 1. The average Bonchev–Trinajstić information content (AvgIpc) is 2.91. The van der Waals surface area contributed by atoms with Crippen LogP contribution in [0.5, 0.6) is 5.75 Å². The van der Waals surface area contributed by atoms with Gasteiger partial charge in [0.15, 0.2) is 0 Å². The first kappa shape index (κ1) is 29.7. The first-order chi connectivity index (χ1) is 19.3. The minimum atomic E-state index is -0.900. The van der Waals surface area contributed by atoms with Gasteiger partial charge in [-0.1, -0.05) is 42.8 Å². The molecule has 6 nitrogen and oxygen atoms in total. The van der Waals surface area contributed by atoms with Crippen LogP contribution in [0.15, 0.2) is 60.7 Å². The fraction of sp³-hybridized carbons (Fsp3) is 0.424. The minimum absolute atomic E-state index is 0.259. The Bertz CT molecular complexity index is 1280. The molecule has 0 radical (unpaired) electrons. The average molecular weight is 548 g/mol. The van der Waals surface area contributed by atoms with Crippen LogP contribution in [0.2, 0.25) is 0 Å². The second-order valence-corrected chi connectivity index (χ2v) is 11.0. The van der Waals surface area contributed by atoms with E-state index in [0.717, 1.165) is 49.0 Å². The maximum absolute atomic E-state index is 14.5. The Balaban J connectivity index is 1.56. The van der Waals surface area contributed by atoms with E-state index in [2.05, 4.69) is 53.8 Å². The third-order valence-corrected chi connectivity index (χ3v) is 7.30. The van der Waals surface area contributed by atoms with Crippen LogP contribution >= 0.6 is 0 Å². The first-order valence-corrected chi connectivity index (χ1v) is 14.3. The summed E-state index contributed by atoms with van der Waals surface area (Å²) in [4.78, 5) is 15.7. The lowest BCUT2D eigenvalue weighted by Gasteiger charge is -2.25. The van der Waals surface area contributed by atoms with Crippen molar-refractivity contribution in [2.45, 2.75) is 64.8 Å². The van der Waals surface area contributed by atoms with E-state index in [1.54, 1.807) is 6.07 Å². The Morgan fingerprint density at radius 1 is 1.10 bits per heavy atom. The van der Waals surface area contributed by atoms with E-state index in [1.165, 1.54) is 17.7 Å². The molecule has 1 aliphatic heterocycles. The number of benzene rings is 3. The number of hydrogen-bond acceptors (Lipinski definition) is 5. The van der Waals surface area contributed by atoms with Gasteiger partial charge in [0, 0.05) is 31.3 Å². The molecule has 3 aromatic rings. The number of aryl methyl sites for hydroxylation is 2. The van der Waals surface area contributed by atoms with Crippen molar-refractivity contribution in [3.8, 4) is 5.75 Å². The van der Waals surface area contributed by atoms with E-state index in [1.807, 2.05) is 25.1 Å². The summed E-state index contributed by atoms with van der Waals surface area (Å²) < 4.78 is 20.4. The molecule has 2 unspecified atom stereocenters. The van der Waals surface area contributed by atoms with Crippen molar-refractivity contribution in [2.75, 3.05) is 26.7 Å². The van der Waals surface area contributed by atoms with Crippen LogP contribution in [0, 0.1) is 12.7 Å². The molecule has 0 fully saturated rings. The molecule has 0 aliphatic carbocycles. The van der Waals surface area contributed by atoms with E-state index in [9.17, 15) is 14.3 Å². The van der Waals surface area contributed by atoms with Crippen molar-refractivity contribution < 1.29 is 19.0 Å². The van der Waals surface area contributed by atoms with E-state index < -0.39 is 18.0 Å². The standard InChI is InChI=1S/C33H42FN3O3/c1-4-24-8-7-9-25(14-24)20-35-21-32(38)31-18-26-16-29(34)19-30(17-26)40-11-6-5-10-37(3)22-27-12-23(2)13-28(15-27)33(39)36-31/h7-9,12-17,19,31-32,35,38H,4-6,10-11,18,20-22H2,1-3H3,(H,36,39). The van der Waals surface area contributed by atoms with Gasteiger partial charge in [0.2, 0.25) is 0 Å². The van der Waals surface area contributed by atoms with E-state index >= 15 is 0 Å². The third-order valence-electron chi connectivity index (χ3n) is 7.30. The summed E-state index contributed by atoms with van der Waals surface area (Å²) in [5.41, 5.74) is 5.67. The molecule has 4 rings (SSSR count). The number of nitrogens with one attached hydrogen (secondary N) is 2. The van der Waals surface area contributed by atoms with Gasteiger partial charge in [-0.2, -0.15) is 0 Å². The number of hydrogen-bond donors (Lipinski definition) is 3. The minimum Gasteiger partial charge on any atom is -0.493 e. The van der Waals surface area contributed by atoms with Gasteiger partial charge >= 0.3 is 0 Å². The zero-order chi connectivity index (χ0) is 28.5. The summed E-state index contributed by atoms with van der Waals surface area (Å²) in [5.74, 6) is -0.199. The van der Waals surface area contributed by atoms with Gasteiger partial charge in [0.05, 0.1) is 18.8 Å². The number of nitrogens with zero attached hydrogens (tertiary/aromatic N) is 1. The smallest absolute Gasteiger partial charge is 0.251 e. The number of aliphatic hydroxyl groups excluding tert-OH is 1. The highest BCUT2D eigenvalue weighted by atomic mass is 19.1. The lowest BCUT2D eigenvalue weighted by atomic mass is 9.99. The maximum atomic E-state index is 14.5. The third kappa shape index (κ3) is 8.88. The molecule has 214 valence electrons. The molecule has 2 atom stereocenters. The first-order valence-electron chi connectivity index (χ1n) is 14.3. The number of carbonyl (C=O) groups excluding carboxylic acids is 1. The number of ether oxygens (including phenoxy) is 1. The summed E-state index contributed by atoms with van der Waals surface area (Å²) in [7, 11) is 2.06. The number of carbonyl (C=O) groups is 1. The van der Waals surface area contributed by atoms with Gasteiger partial charge in [-0.3, -0.25) is 4.79 Å². The predicted octanol–water partition coefficient (Wildman–Crippen LogP) is 4.79. The zero-order valence-electron chi connectivity index (χ0n) is 23.9. The molecule has 0 spiro atoms. The highest BCUT2D eigenvalue weighted by Gasteiger charge is 2.23. The highest BCUT2D eigenvalue weighted by Crippen LogP contribution is 2.20. The Kier molecular flexibility index (Phi) is 10.7. The van der Waals surface area contributed by atoms with Gasteiger partial charge < -0.3 is 25.4 Å². The van der Waals surface area contributed by atoms with Crippen molar-refractivity contribution in [3.05, 3.63) is 99.9 Å². The number of fused-ring (bicyclic) bond motifs is 4. The molecule has 0 saturated heterocycles. The van der Waals surface area contributed by atoms with E-state index in [0.29, 0.717) is 30.0 Å². The molecule has 0 aromatic heterocycles. The van der Waals surface area contributed by atoms with Crippen molar-refractivity contribution in [1.82, 2.24) is 15.5 Å². The Morgan fingerprint density at radius 3 is 2.75 bits per heavy atom. The molecule has 1 heterocycles. The zero-order valence-corrected chi connectivity index (χ0v) is 23.9. The van der Waals surface area contributed by atoms with Crippen LogP contribution in [-0.4, -0.2) is 54.8 Å². The van der Waals surface area contributed by atoms with Crippen molar-refractivity contribution in [2.24, 2.45) is 0 Å². The lowest BCUT2D eigenvalue weighted by molar-refractivity contribution is 0.0829. The number of rotatable bonds is 6. The van der Waals surface area contributed by atoms with Gasteiger partial charge in [0.25, 0.3) is 5.91 Å². The lowest BCUT2D eigenvalue weighted by Crippen LogP contribution is -2.48. The Morgan fingerprint density at radius 2 is 1.93 bits per heavy atom. The Labute approximate surface area is 237 Å². The predicted molar refractivity (Wildman–Crippen MR) is 157 cm³/mol. The molecule has 1 aliphatic rings. The Hall–Kier alpha value is -3.26. The van der Waals surface area contributed by atoms with Crippen LogP contribution in [0.1, 0.15) is 57.9 Å². The monoisotopic (exact) mass is 547 g/mol. The molecule has 3 N–H and O–H groups in total. The summed E-state index contributed by atoms with van der Waals surface area (Å²) in [6.45, 7) is 7.08. The second kappa shape index (κ2) is 14.4. The van der Waals surface area contributed by atoms with Crippen molar-refractivity contribution >= 4 is 5.91 Å². The number of halogens is 1. The molecule has 7 heteroatoms. The van der Waals surface area contributed by atoms with Gasteiger partial charge in [0.1, 0.15) is 11.6 Å². The van der Waals surface area contributed by atoms with E-state index in [-0.39, 0.29) is 18.9 Å². The largest absolute Gasteiger partial charge is 0.493 e. The molecular formula is C33H42FN3O3. The van der Waals surface area contributed by atoms with Crippen LogP contribution < -0.4 is 15.4 Å². The van der Waals surface area contributed by atoms with Gasteiger partial charge in [-0.15, -0.1) is 0 Å². The molecule has 3 aromatic carbocycles. The quantitative estimate of drug-likeness (QED) is 0.414. The van der Waals surface area contributed by atoms with Crippen molar-refractivity contribution in [1.29, 1.82) is 0 Å². The molecule has 1 amide bonds. The van der Waals surface area contributed by atoms with Crippen LogP contribution in [0.25, 0.3) is 0 Å². The molecule has 40 heavy (non-hydrogen) atoms. The number of amides is 1. The highest BCUT2D eigenvalue weighted by molar-refractivity contribution is 5.94. The fourth-order valence-electron chi connectivity index (χ4n) is 5.23. The summed E-state index contributed by atoms with van der Waals surface area (Å²) in [6.07, 6.45) is 2.12. The normalized spacial score (nSPS) is 17.9. The van der Waals surface area contributed by atoms with E-state index in [4.69, 9.17) is 4.74 Å². The second-order valence-electron chi connectivity index (χ2n) is 11.0. The fourth-order valence-corrected chi connectivity index (χ4v) is 5.23. The van der Waals surface area contributed by atoms with Gasteiger partial charge in [-0.05, 0) is 92.7 Å². The van der Waals surface area contributed by atoms with Crippen LogP contribution in [-0.2, 0) is 25.9 Å². The van der Waals surface area contributed by atoms with Crippen LogP contribution in [0.4, 0.5) is 4.39 Å². The topological polar surface area (TPSA) is 73.8 Å². The molecule has 4 bridgehead atoms. The maximum Gasteiger partial charge on any atom is 0.251 e. The van der Waals surface area contributed by atoms with Gasteiger partial charge in [-0.25, -0.2) is 4.39 Å².